The number of fused-ring (bicyclic) bond motifs is 1. The van der Waals surface area contributed by atoms with Gasteiger partial charge in [0.1, 0.15) is 25.2 Å². The quantitative estimate of drug-likeness (QED) is 0.602. The molecule has 1 aliphatic rings. The van der Waals surface area contributed by atoms with Gasteiger partial charge >= 0.3 is 5.97 Å². The zero-order valence-corrected chi connectivity index (χ0v) is 16.4. The molecule has 11 heteroatoms. The highest BCUT2D eigenvalue weighted by molar-refractivity contribution is 7.92. The fraction of sp³-hybridized carbons (Fsp3) is 0.158. The number of hydrogen-bond donors (Lipinski definition) is 2. The fourth-order valence-electron chi connectivity index (χ4n) is 2.80. The monoisotopic (exact) mass is 432 g/mol. The van der Waals surface area contributed by atoms with E-state index in [1.54, 1.807) is 18.2 Å². The average Bonchev–Trinajstić information content (AvgIpc) is 3.24. The molecule has 0 bridgehead atoms. The number of carboxylic acids is 1. The van der Waals surface area contributed by atoms with Gasteiger partial charge < -0.3 is 23.7 Å². The van der Waals surface area contributed by atoms with Crippen molar-refractivity contribution in [3.05, 3.63) is 48.2 Å². The predicted octanol–water partition coefficient (Wildman–Crippen LogP) is 2.62. The summed E-state index contributed by atoms with van der Waals surface area (Å²) in [5.41, 5.74) is 0.535. The first-order valence-corrected chi connectivity index (χ1v) is 10.2. The van der Waals surface area contributed by atoms with Crippen molar-refractivity contribution in [2.24, 2.45) is 0 Å². The number of sulfonamides is 1. The molecule has 0 fully saturated rings. The van der Waals surface area contributed by atoms with E-state index in [4.69, 9.17) is 23.7 Å². The van der Waals surface area contributed by atoms with Crippen LogP contribution in [-0.4, -0.2) is 44.8 Å². The Morgan fingerprint density at radius 2 is 1.90 bits per heavy atom. The molecule has 3 aromatic rings. The molecule has 2 N–H and O–H groups in total. The van der Waals surface area contributed by atoms with Gasteiger partial charge in [-0.05, 0) is 36.4 Å². The summed E-state index contributed by atoms with van der Waals surface area (Å²) in [6.45, 7) is 0.865. The maximum atomic E-state index is 12.7. The third-order valence-electron chi connectivity index (χ3n) is 4.24. The largest absolute Gasteiger partial charge is 0.495 e. The van der Waals surface area contributed by atoms with E-state index in [9.17, 15) is 13.2 Å². The van der Waals surface area contributed by atoms with E-state index >= 15 is 0 Å². The van der Waals surface area contributed by atoms with Gasteiger partial charge in [0, 0.05) is 5.56 Å². The Bertz CT molecular complexity index is 1220. The van der Waals surface area contributed by atoms with Crippen molar-refractivity contribution >= 4 is 21.7 Å². The zero-order valence-electron chi connectivity index (χ0n) is 15.6. The standard InChI is InChI=1S/C19H16N2O8S/c1-26-15-9-12(19(22)23)2-4-13(15)21-30(24,25)17-10-29-18(20-17)11-3-5-14-16(8-11)28-7-6-27-14/h2-5,8-10,21H,6-7H2,1H3,(H,22,23). The molecule has 4 rings (SSSR count). The van der Waals surface area contributed by atoms with Crippen molar-refractivity contribution in [3.8, 4) is 28.7 Å². The topological polar surface area (TPSA) is 137 Å². The number of oxazole rings is 1. The number of aromatic carboxylic acids is 1. The van der Waals surface area contributed by atoms with Crippen LogP contribution < -0.4 is 18.9 Å². The molecule has 0 spiro atoms. The molecule has 0 atom stereocenters. The number of nitrogens with one attached hydrogen (secondary N) is 1. The van der Waals surface area contributed by atoms with Crippen LogP contribution in [0.2, 0.25) is 0 Å². The first-order valence-electron chi connectivity index (χ1n) is 8.67. The molecule has 0 aliphatic carbocycles. The van der Waals surface area contributed by atoms with Crippen LogP contribution in [0.5, 0.6) is 17.2 Å². The number of hydrogen-bond acceptors (Lipinski definition) is 8. The van der Waals surface area contributed by atoms with E-state index in [0.717, 1.165) is 6.26 Å². The van der Waals surface area contributed by atoms with Crippen molar-refractivity contribution in [1.82, 2.24) is 4.98 Å². The van der Waals surface area contributed by atoms with Crippen molar-refractivity contribution in [2.45, 2.75) is 5.03 Å². The van der Waals surface area contributed by atoms with Gasteiger partial charge in [-0.1, -0.05) is 0 Å². The van der Waals surface area contributed by atoms with Gasteiger partial charge in [0.2, 0.25) is 10.9 Å². The SMILES string of the molecule is COc1cc(C(=O)O)ccc1NS(=O)(=O)c1coc(-c2ccc3c(c2)OCCO3)n1. The van der Waals surface area contributed by atoms with E-state index in [1.165, 1.54) is 25.3 Å². The molecule has 0 saturated heterocycles. The molecule has 156 valence electrons. The van der Waals surface area contributed by atoms with Crippen LogP contribution in [0, 0.1) is 0 Å². The first-order chi connectivity index (χ1) is 14.4. The van der Waals surface area contributed by atoms with Gasteiger partial charge in [0.15, 0.2) is 11.5 Å². The maximum Gasteiger partial charge on any atom is 0.335 e. The summed E-state index contributed by atoms with van der Waals surface area (Å²) in [6.07, 6.45) is 1.01. The highest BCUT2D eigenvalue weighted by Crippen LogP contribution is 2.35. The van der Waals surface area contributed by atoms with Crippen molar-refractivity contribution < 1.29 is 36.9 Å². The van der Waals surface area contributed by atoms with E-state index in [2.05, 4.69) is 9.71 Å². The Balaban J connectivity index is 1.61. The summed E-state index contributed by atoms with van der Waals surface area (Å²) in [4.78, 5) is 15.1. The molecule has 1 aliphatic heterocycles. The minimum Gasteiger partial charge on any atom is -0.495 e. The Hall–Kier alpha value is -3.73. The lowest BCUT2D eigenvalue weighted by Crippen LogP contribution is -2.15. The molecule has 0 amide bonds. The lowest BCUT2D eigenvalue weighted by Gasteiger charge is -2.18. The summed E-state index contributed by atoms with van der Waals surface area (Å²) >= 11 is 0. The number of ether oxygens (including phenoxy) is 3. The number of rotatable bonds is 6. The molecule has 2 aromatic carbocycles. The van der Waals surface area contributed by atoms with E-state index < -0.39 is 16.0 Å². The summed E-state index contributed by atoms with van der Waals surface area (Å²) in [5, 5.41) is 8.71. The van der Waals surface area contributed by atoms with Crippen molar-refractivity contribution in [1.29, 1.82) is 0 Å². The predicted molar refractivity (Wildman–Crippen MR) is 104 cm³/mol. The van der Waals surface area contributed by atoms with Gasteiger partial charge in [-0.15, -0.1) is 0 Å². The number of carboxylic acid groups (broad SMARTS) is 1. The second kappa shape index (κ2) is 7.59. The fourth-order valence-corrected chi connectivity index (χ4v) is 3.74. The lowest BCUT2D eigenvalue weighted by molar-refractivity contribution is 0.0696. The van der Waals surface area contributed by atoms with E-state index in [-0.39, 0.29) is 27.9 Å². The number of methoxy groups -OCH3 is 1. The molecule has 10 nitrogen and oxygen atoms in total. The normalized spacial score (nSPS) is 13.0. The van der Waals surface area contributed by atoms with Crippen LogP contribution in [0.4, 0.5) is 5.69 Å². The molecule has 2 heterocycles. The highest BCUT2D eigenvalue weighted by atomic mass is 32.2. The van der Waals surface area contributed by atoms with Crippen LogP contribution in [-0.2, 0) is 10.0 Å². The summed E-state index contributed by atoms with van der Waals surface area (Å²) < 4.78 is 49.1. The lowest BCUT2D eigenvalue weighted by atomic mass is 10.2. The molecular weight excluding hydrogens is 416 g/mol. The Kier molecular flexibility index (Phi) is 4.96. The minimum absolute atomic E-state index is 0.0443. The average molecular weight is 432 g/mol. The third kappa shape index (κ3) is 3.74. The Morgan fingerprint density at radius 1 is 1.13 bits per heavy atom. The number of aromatic nitrogens is 1. The maximum absolute atomic E-state index is 12.7. The smallest absolute Gasteiger partial charge is 0.335 e. The van der Waals surface area contributed by atoms with Crippen LogP contribution in [0.15, 0.2) is 52.1 Å². The van der Waals surface area contributed by atoms with Gasteiger partial charge in [0.25, 0.3) is 10.0 Å². The summed E-state index contributed by atoms with van der Waals surface area (Å²) in [7, 11) is -2.82. The summed E-state index contributed by atoms with van der Waals surface area (Å²) in [5.74, 6) is 0.0727. The van der Waals surface area contributed by atoms with Crippen molar-refractivity contribution in [3.63, 3.8) is 0 Å². The van der Waals surface area contributed by atoms with Crippen molar-refractivity contribution in [2.75, 3.05) is 25.0 Å². The van der Waals surface area contributed by atoms with Gasteiger partial charge in [-0.3, -0.25) is 4.72 Å². The number of anilines is 1. The second-order valence-corrected chi connectivity index (χ2v) is 7.80. The van der Waals surface area contributed by atoms with Gasteiger partial charge in [-0.25, -0.2) is 4.79 Å². The Morgan fingerprint density at radius 3 is 2.63 bits per heavy atom. The minimum atomic E-state index is -4.12. The molecule has 0 saturated carbocycles. The highest BCUT2D eigenvalue weighted by Gasteiger charge is 2.23. The molecular formula is C19H16N2O8S. The molecule has 0 radical (unpaired) electrons. The number of carbonyl (C=O) groups is 1. The Labute approximate surface area is 171 Å². The van der Waals surface area contributed by atoms with E-state index in [0.29, 0.717) is 30.3 Å². The van der Waals surface area contributed by atoms with Crippen LogP contribution in [0.1, 0.15) is 10.4 Å². The van der Waals surface area contributed by atoms with E-state index in [1.807, 2.05) is 0 Å². The zero-order chi connectivity index (χ0) is 21.3. The third-order valence-corrected chi connectivity index (χ3v) is 5.47. The van der Waals surface area contributed by atoms with Gasteiger partial charge in [-0.2, -0.15) is 13.4 Å². The number of nitrogens with zero attached hydrogens (tertiary/aromatic N) is 1. The van der Waals surface area contributed by atoms with Crippen LogP contribution in [0.3, 0.4) is 0 Å². The molecule has 1 aromatic heterocycles. The second-order valence-electron chi connectivity index (χ2n) is 6.18. The van der Waals surface area contributed by atoms with Crippen LogP contribution >= 0.6 is 0 Å². The van der Waals surface area contributed by atoms with Crippen LogP contribution in [0.25, 0.3) is 11.5 Å². The first kappa shape index (κ1) is 19.6. The summed E-state index contributed by atoms with van der Waals surface area (Å²) in [6, 6.07) is 8.78. The molecule has 30 heavy (non-hydrogen) atoms. The van der Waals surface area contributed by atoms with Gasteiger partial charge in [0.05, 0.1) is 18.4 Å². The molecule has 0 unspecified atom stereocenters. The number of benzene rings is 2.